The molecule has 1 aromatic carbocycles. The molecule has 1 aliphatic heterocycles. The number of carbonyl (C=O) groups is 1. The minimum Gasteiger partial charge on any atom is -0.461 e. The summed E-state index contributed by atoms with van der Waals surface area (Å²) in [4.78, 5) is 45.0. The number of aromatic nitrogens is 2. The molecule has 0 amide bonds. The Bertz CT molecular complexity index is 1270. The highest BCUT2D eigenvalue weighted by atomic mass is 31.1. The number of aliphatic hydroxyl groups excluding tert-OH is 1. The van der Waals surface area contributed by atoms with Gasteiger partial charge in [0.1, 0.15) is 24.9 Å². The van der Waals surface area contributed by atoms with E-state index >= 15 is 4.39 Å². The van der Waals surface area contributed by atoms with Crippen molar-refractivity contribution in [3.05, 3.63) is 63.4 Å². The maximum Gasteiger partial charge on any atom is 0.693 e. The summed E-state index contributed by atoms with van der Waals surface area (Å²) >= 11 is 0. The van der Waals surface area contributed by atoms with Gasteiger partial charge in [-0.15, -0.1) is 0 Å². The normalized spacial score (nSPS) is 26.8. The van der Waals surface area contributed by atoms with E-state index in [9.17, 15) is 24.1 Å². The molecule has 1 aromatic heterocycles. The lowest BCUT2D eigenvalue weighted by Gasteiger charge is -2.25. The van der Waals surface area contributed by atoms with E-state index < -0.39 is 62.2 Å². The van der Waals surface area contributed by atoms with Crippen molar-refractivity contribution in [3.8, 4) is 5.75 Å². The van der Waals surface area contributed by atoms with E-state index in [4.69, 9.17) is 18.8 Å². The molecule has 212 valence electrons. The maximum absolute atomic E-state index is 15.6. The second-order valence-corrected chi connectivity index (χ2v) is 10.8. The van der Waals surface area contributed by atoms with E-state index in [-0.39, 0.29) is 11.9 Å². The van der Waals surface area contributed by atoms with Gasteiger partial charge in [-0.1, -0.05) is 24.6 Å². The number of rotatable bonds is 10. The molecule has 0 radical (unpaired) electrons. The molecule has 2 fully saturated rings. The van der Waals surface area contributed by atoms with Gasteiger partial charge in [0, 0.05) is 16.8 Å². The predicted molar refractivity (Wildman–Crippen MR) is 136 cm³/mol. The Balaban J connectivity index is 1.50. The van der Waals surface area contributed by atoms with Crippen LogP contribution in [0.1, 0.15) is 52.2 Å². The van der Waals surface area contributed by atoms with Crippen LogP contribution in [0.3, 0.4) is 0 Å². The molecule has 1 saturated heterocycles. The van der Waals surface area contributed by atoms with Crippen molar-refractivity contribution in [2.24, 2.45) is 0 Å². The predicted octanol–water partition coefficient (Wildman–Crippen LogP) is 2.76. The van der Waals surface area contributed by atoms with Crippen molar-refractivity contribution < 1.29 is 37.7 Å². The molecule has 2 heterocycles. The zero-order valence-corrected chi connectivity index (χ0v) is 22.5. The molecular formula is C25H32FN3O9P+. The molecule has 12 nitrogen and oxygen atoms in total. The highest BCUT2D eigenvalue weighted by molar-refractivity contribution is 7.36. The summed E-state index contributed by atoms with van der Waals surface area (Å²) in [5, 5.41) is 10.7. The standard InChI is InChI=1S/C25H31FN3O9P/c1-16(22(32)36-17-9-5-3-6-10-17)29(39(34)38-18-11-7-4-8-12-18)35-15-19-21(31)25(2,26)23(37-19)28-14-13-20(30)27-24(28)33/h4,7-8,11-14,16-17,19,21,23,31H,3,5-6,9-10,15H2,1-2H3/p+1/t16-,19+,21+,23+,25+/m0/s1. The number of H-pyrrole nitrogens is 1. The van der Waals surface area contributed by atoms with E-state index in [0.717, 1.165) is 60.7 Å². The van der Waals surface area contributed by atoms with E-state index in [1.165, 1.54) is 6.92 Å². The van der Waals surface area contributed by atoms with Crippen molar-refractivity contribution in [2.75, 3.05) is 6.61 Å². The fourth-order valence-corrected chi connectivity index (χ4v) is 5.48. The first kappa shape index (κ1) is 29.0. The SMILES string of the molecule is C[C@@H](C(=O)OC1CCCCC1)N(OC[C@H]1O[C@@H](n2ccc(=O)[nH]c2=O)[C@](C)(F)[C@@H]1O)[P+](=O)Oc1ccccc1. The lowest BCUT2D eigenvalue weighted by atomic mass is 9.98. The summed E-state index contributed by atoms with van der Waals surface area (Å²) in [6, 6.07) is 8.07. The molecule has 6 atom stereocenters. The van der Waals surface area contributed by atoms with Gasteiger partial charge in [0.2, 0.25) is 0 Å². The molecule has 1 saturated carbocycles. The number of hydroxylamine groups is 1. The van der Waals surface area contributed by atoms with Crippen LogP contribution in [-0.2, 0) is 23.7 Å². The number of ether oxygens (including phenoxy) is 2. The highest BCUT2D eigenvalue weighted by Gasteiger charge is 2.56. The largest absolute Gasteiger partial charge is 0.693 e. The second-order valence-electron chi connectivity index (χ2n) is 9.75. The Morgan fingerprint density at radius 2 is 1.95 bits per heavy atom. The number of hydrogen-bond donors (Lipinski definition) is 2. The Hall–Kier alpha value is -2.96. The number of nitrogens with zero attached hydrogens (tertiary/aromatic N) is 2. The molecule has 1 aliphatic carbocycles. The lowest BCUT2D eigenvalue weighted by molar-refractivity contribution is -0.185. The fourth-order valence-electron chi connectivity index (χ4n) is 4.56. The molecule has 0 bridgehead atoms. The Labute approximate surface area is 224 Å². The number of nitrogens with one attached hydrogen (secondary N) is 1. The number of alkyl halides is 1. The van der Waals surface area contributed by atoms with Gasteiger partial charge < -0.3 is 14.6 Å². The van der Waals surface area contributed by atoms with Crippen LogP contribution < -0.4 is 15.8 Å². The van der Waals surface area contributed by atoms with Crippen molar-refractivity contribution in [1.29, 1.82) is 0 Å². The van der Waals surface area contributed by atoms with Gasteiger partial charge in [0.05, 0.1) is 4.83 Å². The van der Waals surface area contributed by atoms with Gasteiger partial charge in [0.15, 0.2) is 23.7 Å². The van der Waals surface area contributed by atoms with Crippen molar-refractivity contribution >= 4 is 14.1 Å². The number of benzene rings is 1. The van der Waals surface area contributed by atoms with Crippen LogP contribution in [0, 0.1) is 0 Å². The first-order valence-corrected chi connectivity index (χ1v) is 13.9. The zero-order chi connectivity index (χ0) is 28.2. The summed E-state index contributed by atoms with van der Waals surface area (Å²) in [5.41, 5.74) is -4.07. The van der Waals surface area contributed by atoms with Crippen LogP contribution in [-0.4, -0.2) is 62.1 Å². The van der Waals surface area contributed by atoms with E-state index in [2.05, 4.69) is 0 Å². The topological polar surface area (TPSA) is 149 Å². The summed E-state index contributed by atoms with van der Waals surface area (Å²) in [6.45, 7) is 1.93. The summed E-state index contributed by atoms with van der Waals surface area (Å²) in [6.07, 6.45) is 0.497. The quantitative estimate of drug-likeness (QED) is 0.249. The molecular weight excluding hydrogens is 536 g/mol. The molecule has 39 heavy (non-hydrogen) atoms. The van der Waals surface area contributed by atoms with Crippen LogP contribution in [0.4, 0.5) is 4.39 Å². The lowest BCUT2D eigenvalue weighted by Crippen LogP contribution is -2.44. The summed E-state index contributed by atoms with van der Waals surface area (Å²) in [5.74, 6) is -0.422. The number of halogens is 1. The Kier molecular flexibility index (Phi) is 9.29. The molecule has 14 heteroatoms. The number of esters is 1. The zero-order valence-electron chi connectivity index (χ0n) is 21.6. The van der Waals surface area contributed by atoms with Gasteiger partial charge in [-0.05, 0) is 51.7 Å². The third-order valence-corrected chi connectivity index (χ3v) is 7.94. The van der Waals surface area contributed by atoms with Gasteiger partial charge >= 0.3 is 19.8 Å². The number of aromatic amines is 1. The minimum absolute atomic E-state index is 0.256. The maximum atomic E-state index is 15.6. The monoisotopic (exact) mass is 568 g/mol. The minimum atomic E-state index is -2.80. The van der Waals surface area contributed by atoms with Crippen LogP contribution >= 0.6 is 8.18 Å². The smallest absolute Gasteiger partial charge is 0.461 e. The van der Waals surface area contributed by atoms with E-state index in [1.54, 1.807) is 30.3 Å². The van der Waals surface area contributed by atoms with Gasteiger partial charge in [-0.3, -0.25) is 24.0 Å². The number of carbonyl (C=O) groups excluding carboxylic acids is 1. The summed E-state index contributed by atoms with van der Waals surface area (Å²) < 4.78 is 46.3. The van der Waals surface area contributed by atoms with Crippen LogP contribution in [0.5, 0.6) is 5.75 Å². The third-order valence-electron chi connectivity index (χ3n) is 6.79. The molecule has 2 N–H and O–H groups in total. The molecule has 2 aliphatic rings. The first-order chi connectivity index (χ1) is 18.6. The molecule has 1 unspecified atom stereocenters. The third kappa shape index (κ3) is 6.79. The van der Waals surface area contributed by atoms with Crippen molar-refractivity contribution in [3.63, 3.8) is 0 Å². The van der Waals surface area contributed by atoms with Crippen LogP contribution in [0.15, 0.2) is 52.2 Å². The Morgan fingerprint density at radius 1 is 1.26 bits per heavy atom. The van der Waals surface area contributed by atoms with Gasteiger partial charge in [-0.25, -0.2) is 13.7 Å². The van der Waals surface area contributed by atoms with Crippen LogP contribution in [0.25, 0.3) is 0 Å². The second kappa shape index (κ2) is 12.5. The molecule has 0 spiro atoms. The number of aliphatic hydroxyl groups is 1. The van der Waals surface area contributed by atoms with Gasteiger partial charge in [-0.2, -0.15) is 0 Å². The molecule has 4 rings (SSSR count). The average Bonchev–Trinajstić information content (AvgIpc) is 3.13. The number of hydrogen-bond acceptors (Lipinski definition) is 9. The Morgan fingerprint density at radius 3 is 2.62 bits per heavy atom. The summed E-state index contributed by atoms with van der Waals surface area (Å²) in [7, 11) is -2.80. The fraction of sp³-hybridized carbons (Fsp3) is 0.560. The van der Waals surface area contributed by atoms with Crippen LogP contribution in [0.2, 0.25) is 0 Å². The van der Waals surface area contributed by atoms with E-state index in [0.29, 0.717) is 0 Å². The highest BCUT2D eigenvalue weighted by Crippen LogP contribution is 2.41. The molecule has 2 aromatic rings. The van der Waals surface area contributed by atoms with Crippen molar-refractivity contribution in [1.82, 2.24) is 14.4 Å². The van der Waals surface area contributed by atoms with Gasteiger partial charge in [0.25, 0.3) is 5.56 Å². The van der Waals surface area contributed by atoms with E-state index in [1.807, 2.05) is 4.98 Å². The van der Waals surface area contributed by atoms with Crippen molar-refractivity contribution in [2.45, 2.75) is 82.2 Å². The number of para-hydroxylation sites is 1. The first-order valence-electron chi connectivity index (χ1n) is 12.7. The average molecular weight is 569 g/mol.